The van der Waals surface area contributed by atoms with Crippen LogP contribution in [0.2, 0.25) is 0 Å². The van der Waals surface area contributed by atoms with Crippen LogP contribution in [0.25, 0.3) is 17.2 Å². The molecule has 0 saturated carbocycles. The minimum atomic E-state index is 0.760. The van der Waals surface area contributed by atoms with Gasteiger partial charge < -0.3 is 19.1 Å². The van der Waals surface area contributed by atoms with Crippen molar-refractivity contribution in [1.29, 1.82) is 0 Å². The van der Waals surface area contributed by atoms with Crippen molar-refractivity contribution in [2.75, 3.05) is 38.9 Å². The third-order valence-electron chi connectivity index (χ3n) is 5.90. The zero-order valence-corrected chi connectivity index (χ0v) is 20.2. The van der Waals surface area contributed by atoms with E-state index < -0.39 is 0 Å². The molecule has 6 nitrogen and oxygen atoms in total. The summed E-state index contributed by atoms with van der Waals surface area (Å²) in [4.78, 5) is 7.10. The summed E-state index contributed by atoms with van der Waals surface area (Å²) in [5.74, 6) is 2.57. The zero-order valence-electron chi connectivity index (χ0n) is 20.2. The minimum absolute atomic E-state index is 0.760. The Morgan fingerprint density at radius 3 is 2.41 bits per heavy atom. The Kier molecular flexibility index (Phi) is 8.65. The standard InChI is InChI=1S/C28H34N3O3/c1-32-18-10-8-16-30-22-24(23-12-4-3-5-13-23)21-29-27(30)20-28-31(17-9-11-19-33-2)25-14-6-7-15-26(25)34-28/h3-7,12-15,20-22H,8-11,16-19H2,1-2H3/q+1. The number of rotatable bonds is 12. The number of benzene rings is 2. The molecular weight excluding hydrogens is 426 g/mol. The van der Waals surface area contributed by atoms with E-state index in [1.807, 2.05) is 24.4 Å². The highest BCUT2D eigenvalue weighted by atomic mass is 16.5. The van der Waals surface area contributed by atoms with E-state index in [-0.39, 0.29) is 0 Å². The molecule has 3 aromatic rings. The minimum Gasteiger partial charge on any atom is -0.438 e. The second kappa shape index (κ2) is 12.3. The molecule has 0 saturated heterocycles. The van der Waals surface area contributed by atoms with Crippen molar-refractivity contribution in [1.82, 2.24) is 4.98 Å². The zero-order chi connectivity index (χ0) is 23.6. The van der Waals surface area contributed by atoms with Crippen LogP contribution in [0.3, 0.4) is 0 Å². The molecule has 4 rings (SSSR count). The van der Waals surface area contributed by atoms with Crippen LogP contribution >= 0.6 is 0 Å². The van der Waals surface area contributed by atoms with Gasteiger partial charge in [-0.25, -0.2) is 4.57 Å². The molecule has 0 N–H and O–H groups in total. The SMILES string of the molecule is COCCCCN1C(=Cc2ncc(-c3ccccc3)c[n+]2CCCCOC)Oc2ccccc21. The summed E-state index contributed by atoms with van der Waals surface area (Å²) in [6, 6.07) is 18.6. The van der Waals surface area contributed by atoms with Crippen LogP contribution in [0.15, 0.2) is 72.9 Å². The van der Waals surface area contributed by atoms with E-state index >= 15 is 0 Å². The number of hydrogen-bond acceptors (Lipinski definition) is 5. The first-order chi connectivity index (χ1) is 16.8. The average molecular weight is 461 g/mol. The number of anilines is 1. The molecule has 0 bridgehead atoms. The monoisotopic (exact) mass is 460 g/mol. The van der Waals surface area contributed by atoms with Crippen molar-refractivity contribution in [2.24, 2.45) is 0 Å². The lowest BCUT2D eigenvalue weighted by molar-refractivity contribution is -0.701. The van der Waals surface area contributed by atoms with Crippen LogP contribution in [0.4, 0.5) is 5.69 Å². The van der Waals surface area contributed by atoms with Gasteiger partial charge in [-0.3, -0.25) is 0 Å². The van der Waals surface area contributed by atoms with Gasteiger partial charge in [-0.1, -0.05) is 42.5 Å². The van der Waals surface area contributed by atoms with E-state index in [9.17, 15) is 0 Å². The van der Waals surface area contributed by atoms with Gasteiger partial charge in [-0.15, -0.1) is 0 Å². The van der Waals surface area contributed by atoms with Gasteiger partial charge in [0.2, 0.25) is 5.88 Å². The molecule has 0 spiro atoms. The summed E-state index contributed by atoms with van der Waals surface area (Å²) < 4.78 is 19.0. The van der Waals surface area contributed by atoms with Crippen LogP contribution in [-0.4, -0.2) is 39.0 Å². The number of aryl methyl sites for hydroxylation is 1. The molecule has 0 amide bonds. The number of hydrogen-bond donors (Lipinski definition) is 0. The lowest BCUT2D eigenvalue weighted by Crippen LogP contribution is -2.38. The van der Waals surface area contributed by atoms with Crippen molar-refractivity contribution in [3.63, 3.8) is 0 Å². The van der Waals surface area contributed by atoms with Gasteiger partial charge in [0.1, 0.15) is 6.20 Å². The summed E-state index contributed by atoms with van der Waals surface area (Å²) in [6.45, 7) is 3.24. The Morgan fingerprint density at radius 1 is 0.882 bits per heavy atom. The predicted molar refractivity (Wildman–Crippen MR) is 134 cm³/mol. The molecule has 6 heteroatoms. The number of aromatic nitrogens is 2. The molecule has 2 aromatic carbocycles. The molecule has 0 atom stereocenters. The summed E-state index contributed by atoms with van der Waals surface area (Å²) in [5, 5.41) is 0. The quantitative estimate of drug-likeness (QED) is 0.278. The number of nitrogens with zero attached hydrogens (tertiary/aromatic N) is 3. The van der Waals surface area contributed by atoms with Gasteiger partial charge in [0, 0.05) is 34.0 Å². The molecule has 0 unspecified atom stereocenters. The smallest absolute Gasteiger partial charge is 0.328 e. The highest BCUT2D eigenvalue weighted by molar-refractivity contribution is 5.70. The van der Waals surface area contributed by atoms with Crippen molar-refractivity contribution < 1.29 is 18.8 Å². The van der Waals surface area contributed by atoms with Gasteiger partial charge in [0.05, 0.1) is 23.9 Å². The van der Waals surface area contributed by atoms with E-state index in [4.69, 9.17) is 19.2 Å². The Labute approximate surface area is 202 Å². The Bertz CT molecular complexity index is 1090. The van der Waals surface area contributed by atoms with Crippen LogP contribution < -0.4 is 14.2 Å². The summed E-state index contributed by atoms with van der Waals surface area (Å²) in [7, 11) is 3.49. The highest BCUT2D eigenvalue weighted by Crippen LogP contribution is 2.39. The molecule has 0 radical (unpaired) electrons. The Morgan fingerprint density at radius 2 is 1.62 bits per heavy atom. The molecule has 34 heavy (non-hydrogen) atoms. The van der Waals surface area contributed by atoms with Gasteiger partial charge >= 0.3 is 5.82 Å². The number of ether oxygens (including phenoxy) is 3. The first-order valence-electron chi connectivity index (χ1n) is 12.0. The number of unbranched alkanes of at least 4 members (excludes halogenated alkanes) is 2. The van der Waals surface area contributed by atoms with Crippen molar-refractivity contribution in [2.45, 2.75) is 32.2 Å². The van der Waals surface area contributed by atoms with E-state index in [1.165, 1.54) is 0 Å². The maximum absolute atomic E-state index is 6.28. The molecule has 1 aliphatic rings. The molecule has 0 aliphatic carbocycles. The molecular formula is C28H34N3O3+. The second-order valence-electron chi connectivity index (χ2n) is 8.36. The normalized spacial score (nSPS) is 13.8. The van der Waals surface area contributed by atoms with Crippen molar-refractivity contribution in [3.05, 3.63) is 78.7 Å². The van der Waals surface area contributed by atoms with Crippen LogP contribution in [0, 0.1) is 0 Å². The number of fused-ring (bicyclic) bond motifs is 1. The fourth-order valence-corrected chi connectivity index (χ4v) is 4.10. The Balaban J connectivity index is 1.63. The van der Waals surface area contributed by atoms with E-state index in [2.05, 4.69) is 58.1 Å². The first kappa shape index (κ1) is 23.9. The second-order valence-corrected chi connectivity index (χ2v) is 8.36. The molecule has 1 aromatic heterocycles. The summed E-state index contributed by atoms with van der Waals surface area (Å²) >= 11 is 0. The maximum Gasteiger partial charge on any atom is 0.328 e. The highest BCUT2D eigenvalue weighted by Gasteiger charge is 2.27. The van der Waals surface area contributed by atoms with Gasteiger partial charge in [0.25, 0.3) is 0 Å². The number of para-hydroxylation sites is 2. The first-order valence-corrected chi connectivity index (χ1v) is 12.0. The van der Waals surface area contributed by atoms with E-state index in [1.54, 1.807) is 14.2 Å². The molecule has 1 aliphatic heterocycles. The van der Waals surface area contributed by atoms with Crippen LogP contribution in [-0.2, 0) is 16.0 Å². The van der Waals surface area contributed by atoms with Gasteiger partial charge in [-0.2, -0.15) is 0 Å². The Hall–Kier alpha value is -3.22. The fraction of sp³-hybridized carbons (Fsp3) is 0.357. The van der Waals surface area contributed by atoms with Crippen LogP contribution in [0.5, 0.6) is 5.75 Å². The molecule has 0 fully saturated rings. The lowest BCUT2D eigenvalue weighted by atomic mass is 10.1. The van der Waals surface area contributed by atoms with E-state index in [0.29, 0.717) is 0 Å². The van der Waals surface area contributed by atoms with Crippen LogP contribution in [0.1, 0.15) is 31.5 Å². The predicted octanol–water partition coefficient (Wildman–Crippen LogP) is 5.09. The van der Waals surface area contributed by atoms with Crippen molar-refractivity contribution in [3.8, 4) is 16.9 Å². The number of methoxy groups -OCH3 is 2. The average Bonchev–Trinajstić information content (AvgIpc) is 3.22. The topological polar surface area (TPSA) is 47.7 Å². The fourth-order valence-electron chi connectivity index (χ4n) is 4.10. The largest absolute Gasteiger partial charge is 0.438 e. The van der Waals surface area contributed by atoms with Gasteiger partial charge in [-0.05, 0) is 48.4 Å². The summed E-state index contributed by atoms with van der Waals surface area (Å²) in [5.41, 5.74) is 3.35. The van der Waals surface area contributed by atoms with Crippen molar-refractivity contribution >= 4 is 11.8 Å². The maximum atomic E-state index is 6.28. The van der Waals surface area contributed by atoms with E-state index in [0.717, 1.165) is 86.3 Å². The molecule has 178 valence electrons. The third kappa shape index (κ3) is 6.01. The lowest BCUT2D eigenvalue weighted by Gasteiger charge is -2.18. The van der Waals surface area contributed by atoms with Gasteiger partial charge in [0.15, 0.2) is 11.9 Å². The summed E-state index contributed by atoms with van der Waals surface area (Å²) in [6.07, 6.45) is 10.2. The molecule has 2 heterocycles. The third-order valence-corrected chi connectivity index (χ3v) is 5.90.